The third-order valence-corrected chi connectivity index (χ3v) is 4.33. The van der Waals surface area contributed by atoms with Crippen LogP contribution >= 0.6 is 0 Å². The monoisotopic (exact) mass is 348 g/mol. The number of nitrogens with zero attached hydrogens (tertiary/aromatic N) is 2. The number of amides is 1. The summed E-state index contributed by atoms with van der Waals surface area (Å²) in [6.07, 6.45) is 5.97. The van der Waals surface area contributed by atoms with Crippen LogP contribution in [0, 0.1) is 5.82 Å². The van der Waals surface area contributed by atoms with Gasteiger partial charge in [-0.1, -0.05) is 12.1 Å². The predicted octanol–water partition coefficient (Wildman–Crippen LogP) is 3.47. The highest BCUT2D eigenvalue weighted by molar-refractivity contribution is 5.94. The fourth-order valence-corrected chi connectivity index (χ4v) is 2.98. The lowest BCUT2D eigenvalue weighted by Gasteiger charge is -2.06. The molecule has 2 aromatic carbocycles. The van der Waals surface area contributed by atoms with Gasteiger partial charge in [0.1, 0.15) is 5.82 Å². The number of halogens is 1. The molecule has 4 rings (SSSR count). The number of aromatic amines is 1. The highest BCUT2D eigenvalue weighted by atomic mass is 19.1. The van der Waals surface area contributed by atoms with Crippen LogP contribution in [0.2, 0.25) is 0 Å². The minimum atomic E-state index is -0.268. The van der Waals surface area contributed by atoms with E-state index in [1.54, 1.807) is 35.3 Å². The van der Waals surface area contributed by atoms with E-state index in [9.17, 15) is 9.18 Å². The molecule has 130 valence electrons. The van der Waals surface area contributed by atoms with Gasteiger partial charge in [0, 0.05) is 36.1 Å². The van der Waals surface area contributed by atoms with E-state index in [-0.39, 0.29) is 11.7 Å². The molecular weight excluding hydrogens is 331 g/mol. The molecule has 0 saturated carbocycles. The molecule has 2 heterocycles. The molecule has 2 N–H and O–H groups in total. The number of fused-ring (bicyclic) bond motifs is 1. The van der Waals surface area contributed by atoms with Gasteiger partial charge in [0.05, 0.1) is 11.2 Å². The van der Waals surface area contributed by atoms with Gasteiger partial charge in [-0.25, -0.2) is 9.07 Å². The summed E-state index contributed by atoms with van der Waals surface area (Å²) in [4.78, 5) is 15.2. The van der Waals surface area contributed by atoms with Crippen molar-refractivity contribution in [2.24, 2.45) is 0 Å². The van der Waals surface area contributed by atoms with Crippen LogP contribution in [0.5, 0.6) is 0 Å². The van der Waals surface area contributed by atoms with E-state index < -0.39 is 0 Å². The minimum absolute atomic E-state index is 0.136. The first-order valence-electron chi connectivity index (χ1n) is 8.35. The molecule has 4 aromatic rings. The molecule has 2 aromatic heterocycles. The number of benzene rings is 2. The van der Waals surface area contributed by atoms with E-state index in [0.29, 0.717) is 24.0 Å². The fourth-order valence-electron chi connectivity index (χ4n) is 2.98. The van der Waals surface area contributed by atoms with Crippen molar-refractivity contribution in [2.75, 3.05) is 6.54 Å². The second-order valence-electron chi connectivity index (χ2n) is 5.98. The lowest BCUT2D eigenvalue weighted by Crippen LogP contribution is -2.25. The summed E-state index contributed by atoms with van der Waals surface area (Å²) in [5.41, 5.74) is 2.97. The Morgan fingerprint density at radius 1 is 1.15 bits per heavy atom. The lowest BCUT2D eigenvalue weighted by atomic mass is 10.1. The second-order valence-corrected chi connectivity index (χ2v) is 5.98. The van der Waals surface area contributed by atoms with Crippen LogP contribution in [0.4, 0.5) is 4.39 Å². The quantitative estimate of drug-likeness (QED) is 0.580. The van der Waals surface area contributed by atoms with Crippen LogP contribution in [0.15, 0.2) is 67.1 Å². The van der Waals surface area contributed by atoms with Gasteiger partial charge in [0.15, 0.2) is 0 Å². The Bertz CT molecular complexity index is 1040. The summed E-state index contributed by atoms with van der Waals surface area (Å²) in [5, 5.41) is 7.91. The number of nitrogens with one attached hydrogen (secondary N) is 2. The molecule has 0 fully saturated rings. The third kappa shape index (κ3) is 3.09. The standard InChI is InChI=1S/C20H17FN4O/c21-18-4-1-3-17-15(13-23-19(17)18)9-11-22-20(26)14-5-7-16(8-6-14)25-12-2-10-24-25/h1-8,10,12-13,23H,9,11H2,(H,22,26). The van der Waals surface area contributed by atoms with Crippen molar-refractivity contribution in [2.45, 2.75) is 6.42 Å². The van der Waals surface area contributed by atoms with Gasteiger partial charge in [-0.15, -0.1) is 0 Å². The summed E-state index contributed by atoms with van der Waals surface area (Å²) in [7, 11) is 0. The Morgan fingerprint density at radius 3 is 2.77 bits per heavy atom. The highest BCUT2D eigenvalue weighted by Crippen LogP contribution is 2.20. The Kier molecular flexibility index (Phi) is 4.23. The van der Waals surface area contributed by atoms with E-state index in [1.807, 2.05) is 30.5 Å². The summed E-state index contributed by atoms with van der Waals surface area (Å²) >= 11 is 0. The van der Waals surface area contributed by atoms with Crippen LogP contribution in [0.3, 0.4) is 0 Å². The van der Waals surface area contributed by atoms with Crippen molar-refractivity contribution >= 4 is 16.8 Å². The van der Waals surface area contributed by atoms with Gasteiger partial charge in [-0.2, -0.15) is 5.10 Å². The number of carbonyl (C=O) groups excluding carboxylic acids is 1. The zero-order valence-electron chi connectivity index (χ0n) is 13.9. The van der Waals surface area contributed by atoms with Crippen molar-refractivity contribution in [3.05, 3.63) is 84.1 Å². The highest BCUT2D eigenvalue weighted by Gasteiger charge is 2.09. The molecule has 26 heavy (non-hydrogen) atoms. The Hall–Kier alpha value is -3.41. The van der Waals surface area contributed by atoms with E-state index in [0.717, 1.165) is 16.6 Å². The molecular formula is C20H17FN4O. The molecule has 0 bridgehead atoms. The molecule has 0 aliphatic heterocycles. The Balaban J connectivity index is 1.38. The lowest BCUT2D eigenvalue weighted by molar-refractivity contribution is 0.0954. The van der Waals surface area contributed by atoms with Gasteiger partial charge in [-0.3, -0.25) is 4.79 Å². The third-order valence-electron chi connectivity index (χ3n) is 4.33. The number of para-hydroxylation sites is 1. The average molecular weight is 348 g/mol. The van der Waals surface area contributed by atoms with Gasteiger partial charge >= 0.3 is 0 Å². The van der Waals surface area contributed by atoms with Crippen molar-refractivity contribution in [1.29, 1.82) is 0 Å². The number of hydrogen-bond acceptors (Lipinski definition) is 2. The summed E-state index contributed by atoms with van der Waals surface area (Å²) in [6, 6.07) is 14.1. The van der Waals surface area contributed by atoms with Gasteiger partial charge in [-0.05, 0) is 48.4 Å². The first-order chi connectivity index (χ1) is 12.7. The molecule has 0 atom stereocenters. The number of hydrogen-bond donors (Lipinski definition) is 2. The van der Waals surface area contributed by atoms with E-state index in [2.05, 4.69) is 15.4 Å². The summed E-state index contributed by atoms with van der Waals surface area (Å²) in [5.74, 6) is -0.405. The van der Waals surface area contributed by atoms with Crippen molar-refractivity contribution in [3.8, 4) is 5.69 Å². The van der Waals surface area contributed by atoms with Crippen LogP contribution in [0.1, 0.15) is 15.9 Å². The number of aromatic nitrogens is 3. The smallest absolute Gasteiger partial charge is 0.251 e. The molecule has 0 aliphatic carbocycles. The van der Waals surface area contributed by atoms with Crippen molar-refractivity contribution in [1.82, 2.24) is 20.1 Å². The molecule has 0 unspecified atom stereocenters. The van der Waals surface area contributed by atoms with Crippen molar-refractivity contribution < 1.29 is 9.18 Å². The molecule has 6 heteroatoms. The maximum atomic E-state index is 13.7. The predicted molar refractivity (Wildman–Crippen MR) is 97.9 cm³/mol. The van der Waals surface area contributed by atoms with Crippen molar-refractivity contribution in [3.63, 3.8) is 0 Å². The number of rotatable bonds is 5. The Labute approximate surface area is 149 Å². The van der Waals surface area contributed by atoms with Crippen LogP contribution in [-0.4, -0.2) is 27.2 Å². The largest absolute Gasteiger partial charge is 0.359 e. The van der Waals surface area contributed by atoms with E-state index in [4.69, 9.17) is 0 Å². The summed E-state index contributed by atoms with van der Waals surface area (Å²) in [6.45, 7) is 0.475. The van der Waals surface area contributed by atoms with Gasteiger partial charge < -0.3 is 10.3 Å². The van der Waals surface area contributed by atoms with Gasteiger partial charge in [0.25, 0.3) is 5.91 Å². The molecule has 0 saturated heterocycles. The Morgan fingerprint density at radius 2 is 2.00 bits per heavy atom. The number of H-pyrrole nitrogens is 1. The second kappa shape index (κ2) is 6.84. The molecule has 0 aliphatic rings. The zero-order valence-corrected chi connectivity index (χ0v) is 13.9. The van der Waals surface area contributed by atoms with Gasteiger partial charge in [0.2, 0.25) is 0 Å². The minimum Gasteiger partial charge on any atom is -0.359 e. The molecule has 5 nitrogen and oxygen atoms in total. The molecule has 1 amide bonds. The SMILES string of the molecule is O=C(NCCc1c[nH]c2c(F)cccc12)c1ccc(-n2cccn2)cc1. The van der Waals surface area contributed by atoms with Crippen LogP contribution < -0.4 is 5.32 Å². The first-order valence-corrected chi connectivity index (χ1v) is 8.35. The first kappa shape index (κ1) is 16.1. The zero-order chi connectivity index (χ0) is 17.9. The summed E-state index contributed by atoms with van der Waals surface area (Å²) < 4.78 is 15.4. The van der Waals surface area contributed by atoms with Crippen LogP contribution in [-0.2, 0) is 6.42 Å². The topological polar surface area (TPSA) is 62.7 Å². The normalized spacial score (nSPS) is 11.0. The molecule has 0 radical (unpaired) electrons. The maximum absolute atomic E-state index is 13.7. The fraction of sp³-hybridized carbons (Fsp3) is 0.100. The van der Waals surface area contributed by atoms with E-state index in [1.165, 1.54) is 6.07 Å². The van der Waals surface area contributed by atoms with Crippen LogP contribution in [0.25, 0.3) is 16.6 Å². The average Bonchev–Trinajstić information content (AvgIpc) is 3.33. The molecule has 0 spiro atoms. The maximum Gasteiger partial charge on any atom is 0.251 e. The number of carbonyl (C=O) groups is 1. The van der Waals surface area contributed by atoms with E-state index >= 15 is 0 Å².